The van der Waals surface area contributed by atoms with E-state index in [-0.39, 0.29) is 0 Å². The molecule has 0 aliphatic heterocycles. The van der Waals surface area contributed by atoms with Crippen molar-refractivity contribution in [2.24, 2.45) is 0 Å². The molecule has 0 radical (unpaired) electrons. The Morgan fingerprint density at radius 1 is 1.33 bits per heavy atom. The van der Waals surface area contributed by atoms with E-state index in [1.807, 2.05) is 5.51 Å². The highest BCUT2D eigenvalue weighted by Gasteiger charge is 1.96. The summed E-state index contributed by atoms with van der Waals surface area (Å²) in [7, 11) is 0. The number of hydrogen-bond acceptors (Lipinski definition) is 4. The van der Waals surface area contributed by atoms with Gasteiger partial charge in [-0.1, -0.05) is 12.1 Å². The maximum atomic E-state index is 6.00. The first-order chi connectivity index (χ1) is 5.88. The number of benzene rings is 1. The number of fused-ring (bicyclic) bond motifs is 1. The van der Waals surface area contributed by atoms with Crippen LogP contribution >= 0.6 is 11.3 Å². The lowest BCUT2D eigenvalue weighted by molar-refractivity contribution is 1.15. The zero-order chi connectivity index (χ0) is 8.97. The molecule has 1 aromatic carbocycles. The van der Waals surface area contributed by atoms with E-state index in [2.05, 4.69) is 30.1 Å². The van der Waals surface area contributed by atoms with Gasteiger partial charge in [0.25, 0.3) is 0 Å². The fraction of sp³-hybridized carbons (Fsp3) is 0.125. The quantitative estimate of drug-likeness (QED) is 0.581. The molecule has 1 aromatic heterocycles. The third kappa shape index (κ3) is 1.41. The molecule has 0 spiro atoms. The van der Waals surface area contributed by atoms with Crippen molar-refractivity contribution < 1.29 is 0 Å². The van der Waals surface area contributed by atoms with Gasteiger partial charge in [-0.2, -0.15) is 0 Å². The highest BCUT2D eigenvalue weighted by Crippen LogP contribution is 2.19. The molecule has 12 heavy (non-hydrogen) atoms. The van der Waals surface area contributed by atoms with E-state index < -0.39 is 0 Å². The minimum absolute atomic E-state index is 1.15. The van der Waals surface area contributed by atoms with Gasteiger partial charge in [0.2, 0.25) is 0 Å². The molecule has 0 unspecified atom stereocenters. The van der Waals surface area contributed by atoms with E-state index in [0.717, 1.165) is 5.52 Å². The summed E-state index contributed by atoms with van der Waals surface area (Å²) in [4.78, 5) is 4.24. The Morgan fingerprint density at radius 2 is 2.08 bits per heavy atom. The van der Waals surface area contributed by atoms with Crippen LogP contribution in [-0.4, -0.2) is 4.98 Å². The molecule has 60 valence electrons. The number of thiazole rings is 1. The highest BCUT2D eigenvalue weighted by molar-refractivity contribution is 7.16. The van der Waals surface area contributed by atoms with Crippen LogP contribution in [-0.2, 0) is 0 Å². The van der Waals surface area contributed by atoms with Crippen LogP contribution in [0, 0.1) is 17.7 Å². The highest BCUT2D eigenvalue weighted by atomic mass is 32.1. The van der Waals surface area contributed by atoms with Gasteiger partial charge in [-0.25, -0.2) is 4.98 Å². The Hall–Kier alpha value is -1.47. The first-order valence-corrected chi connectivity index (χ1v) is 4.25. The monoisotopic (exact) mass is 177 g/mol. The largest absolute Gasteiger partial charge is 0.244 e. The van der Waals surface area contributed by atoms with E-state index >= 15 is 0 Å². The standard InChI is InChI=1S/C8H7NS.N2/c1-6-3-2-4-7-8(6)9-5-10-7;1-2/h2-5H,1H3;. The summed E-state index contributed by atoms with van der Waals surface area (Å²) in [6.07, 6.45) is 0. The second-order valence-corrected chi connectivity index (χ2v) is 3.16. The molecule has 0 bridgehead atoms. The Bertz CT molecular complexity index is 391. The van der Waals surface area contributed by atoms with Gasteiger partial charge in [-0.05, 0) is 18.6 Å². The second kappa shape index (κ2) is 3.79. The van der Waals surface area contributed by atoms with Crippen LogP contribution < -0.4 is 0 Å². The molecule has 0 N–H and O–H groups in total. The Labute approximate surface area is 74.1 Å². The summed E-state index contributed by atoms with van der Waals surface area (Å²) >= 11 is 1.69. The van der Waals surface area contributed by atoms with Gasteiger partial charge < -0.3 is 0 Å². The van der Waals surface area contributed by atoms with Crippen molar-refractivity contribution in [2.75, 3.05) is 0 Å². The van der Waals surface area contributed by atoms with Crippen molar-refractivity contribution in [3.63, 3.8) is 0 Å². The van der Waals surface area contributed by atoms with E-state index in [4.69, 9.17) is 10.8 Å². The zero-order valence-corrected chi connectivity index (χ0v) is 7.38. The van der Waals surface area contributed by atoms with Gasteiger partial charge in [-0.15, -0.1) is 11.3 Å². The maximum absolute atomic E-state index is 6.00. The van der Waals surface area contributed by atoms with Crippen LogP contribution in [0.5, 0.6) is 0 Å². The number of hydrogen-bond donors (Lipinski definition) is 0. The Morgan fingerprint density at radius 3 is 2.75 bits per heavy atom. The molecule has 0 saturated carbocycles. The van der Waals surface area contributed by atoms with Gasteiger partial charge in [0.1, 0.15) is 0 Å². The van der Waals surface area contributed by atoms with Crippen LogP contribution in [0.3, 0.4) is 0 Å². The first-order valence-electron chi connectivity index (χ1n) is 3.37. The van der Waals surface area contributed by atoms with Crippen molar-refractivity contribution in [1.29, 1.82) is 10.8 Å². The lowest BCUT2D eigenvalue weighted by Crippen LogP contribution is -1.72. The lowest BCUT2D eigenvalue weighted by atomic mass is 10.2. The van der Waals surface area contributed by atoms with E-state index in [9.17, 15) is 0 Å². The molecule has 1 heterocycles. The Kier molecular flexibility index (Phi) is 2.72. The van der Waals surface area contributed by atoms with Gasteiger partial charge in [0, 0.05) is 10.8 Å². The number of rotatable bonds is 0. The molecular weight excluding hydrogens is 170 g/mol. The van der Waals surface area contributed by atoms with Crippen LogP contribution in [0.4, 0.5) is 0 Å². The normalized spacial score (nSPS) is 8.92. The molecule has 3 nitrogen and oxygen atoms in total. The Balaban J connectivity index is 0.000000336. The fourth-order valence-corrected chi connectivity index (χ4v) is 1.78. The molecule has 2 aromatic rings. The van der Waals surface area contributed by atoms with Gasteiger partial charge in [0.15, 0.2) is 0 Å². The van der Waals surface area contributed by atoms with Crippen LogP contribution in [0.1, 0.15) is 5.56 Å². The van der Waals surface area contributed by atoms with Crippen LogP contribution in [0.15, 0.2) is 23.7 Å². The molecule has 0 fully saturated rings. The van der Waals surface area contributed by atoms with E-state index in [0.29, 0.717) is 0 Å². The molecular formula is C8H7N3S. The van der Waals surface area contributed by atoms with Crippen molar-refractivity contribution in [3.05, 3.63) is 29.3 Å². The fourth-order valence-electron chi connectivity index (χ4n) is 1.03. The van der Waals surface area contributed by atoms with Gasteiger partial charge in [0.05, 0.1) is 15.7 Å². The SMILES string of the molecule is Cc1cccc2scnc12.N#N. The number of nitrogens with zero attached hydrogens (tertiary/aromatic N) is 3. The van der Waals surface area contributed by atoms with Crippen LogP contribution in [0.2, 0.25) is 0 Å². The van der Waals surface area contributed by atoms with Gasteiger partial charge in [-0.3, -0.25) is 0 Å². The molecule has 0 atom stereocenters. The predicted molar refractivity (Wildman–Crippen MR) is 47.8 cm³/mol. The number of aryl methyl sites for hydroxylation is 1. The molecule has 0 saturated heterocycles. The van der Waals surface area contributed by atoms with E-state index in [1.165, 1.54) is 10.3 Å². The van der Waals surface area contributed by atoms with E-state index in [1.54, 1.807) is 11.3 Å². The third-order valence-corrected chi connectivity index (χ3v) is 2.36. The minimum atomic E-state index is 1.15. The topological polar surface area (TPSA) is 60.5 Å². The summed E-state index contributed by atoms with van der Waals surface area (Å²) in [5, 5.41) is 12.0. The molecule has 0 aliphatic carbocycles. The van der Waals surface area contributed by atoms with Crippen LogP contribution in [0.25, 0.3) is 10.2 Å². The van der Waals surface area contributed by atoms with Crippen molar-refractivity contribution >= 4 is 21.6 Å². The summed E-state index contributed by atoms with van der Waals surface area (Å²) in [6, 6.07) is 6.25. The zero-order valence-electron chi connectivity index (χ0n) is 6.56. The smallest absolute Gasteiger partial charge is 0.0841 e. The molecule has 0 aliphatic rings. The second-order valence-electron chi connectivity index (χ2n) is 2.27. The molecule has 4 heteroatoms. The first kappa shape index (κ1) is 8.62. The molecule has 2 rings (SSSR count). The summed E-state index contributed by atoms with van der Waals surface area (Å²) < 4.78 is 1.28. The summed E-state index contributed by atoms with van der Waals surface area (Å²) in [6.45, 7) is 2.09. The predicted octanol–water partition coefficient (Wildman–Crippen LogP) is 2.63. The average molecular weight is 177 g/mol. The van der Waals surface area contributed by atoms with Crippen molar-refractivity contribution in [3.8, 4) is 0 Å². The maximum Gasteiger partial charge on any atom is 0.0841 e. The summed E-state index contributed by atoms with van der Waals surface area (Å²) in [5.41, 5.74) is 4.30. The lowest BCUT2D eigenvalue weighted by Gasteiger charge is -1.90. The van der Waals surface area contributed by atoms with Gasteiger partial charge >= 0.3 is 0 Å². The average Bonchev–Trinajstić information content (AvgIpc) is 2.57. The number of aromatic nitrogens is 1. The third-order valence-electron chi connectivity index (χ3n) is 1.56. The van der Waals surface area contributed by atoms with Crippen molar-refractivity contribution in [1.82, 2.24) is 4.98 Å². The minimum Gasteiger partial charge on any atom is -0.244 e. The van der Waals surface area contributed by atoms with Crippen molar-refractivity contribution in [2.45, 2.75) is 6.92 Å². The number of para-hydroxylation sites is 1. The molecule has 0 amide bonds. The summed E-state index contributed by atoms with van der Waals surface area (Å²) in [5.74, 6) is 0.